The van der Waals surface area contributed by atoms with Gasteiger partial charge in [-0.1, -0.05) is 23.4 Å². The first-order valence-electron chi connectivity index (χ1n) is 8.47. The van der Waals surface area contributed by atoms with Crippen LogP contribution in [0.5, 0.6) is 5.75 Å². The summed E-state index contributed by atoms with van der Waals surface area (Å²) < 4.78 is 61.7. The number of aromatic nitrogens is 1. The highest BCUT2D eigenvalue weighted by Gasteiger charge is 2.33. The van der Waals surface area contributed by atoms with E-state index in [4.69, 9.17) is 4.52 Å². The van der Waals surface area contributed by atoms with Gasteiger partial charge < -0.3 is 9.26 Å². The van der Waals surface area contributed by atoms with Gasteiger partial charge in [0.15, 0.2) is 5.76 Å². The number of hydrogen-bond donors (Lipinski definition) is 0. The maximum Gasteiger partial charge on any atom is 0.387 e. The molecule has 1 aromatic heterocycles. The lowest BCUT2D eigenvalue weighted by molar-refractivity contribution is -0.0508. The van der Waals surface area contributed by atoms with Crippen LogP contribution in [0.15, 0.2) is 33.7 Å². The number of sulfonamides is 1. The molecule has 2 heterocycles. The SMILES string of the molecule is Cc1noc(C)c1S(=O)(=O)N1CCN(Cc2ccccc2OC(F)F)CC1. The minimum Gasteiger partial charge on any atom is -0.434 e. The molecule has 1 fully saturated rings. The molecule has 1 aliphatic heterocycles. The molecule has 0 bridgehead atoms. The predicted molar refractivity (Wildman–Crippen MR) is 93.1 cm³/mol. The van der Waals surface area contributed by atoms with Gasteiger partial charge in [0.1, 0.15) is 16.3 Å². The summed E-state index contributed by atoms with van der Waals surface area (Å²) in [4.78, 5) is 2.12. The molecule has 0 atom stereocenters. The van der Waals surface area contributed by atoms with E-state index in [-0.39, 0.29) is 16.4 Å². The molecule has 27 heavy (non-hydrogen) atoms. The molecule has 0 saturated carbocycles. The molecule has 1 aliphatic rings. The van der Waals surface area contributed by atoms with Gasteiger partial charge in [0.05, 0.1) is 0 Å². The van der Waals surface area contributed by atoms with Crippen LogP contribution in [0.25, 0.3) is 0 Å². The number of alkyl halides is 2. The summed E-state index contributed by atoms with van der Waals surface area (Å²) in [6.45, 7) is 2.24. The smallest absolute Gasteiger partial charge is 0.387 e. The van der Waals surface area contributed by atoms with Gasteiger partial charge in [0, 0.05) is 38.3 Å². The fourth-order valence-electron chi connectivity index (χ4n) is 3.19. The molecule has 0 N–H and O–H groups in total. The van der Waals surface area contributed by atoms with Gasteiger partial charge in [0.25, 0.3) is 0 Å². The molecule has 0 unspecified atom stereocenters. The Kier molecular flexibility index (Phi) is 5.78. The number of rotatable bonds is 6. The Morgan fingerprint density at radius 3 is 2.44 bits per heavy atom. The molecule has 1 aromatic carbocycles. The molecular formula is C17H21F2N3O4S. The van der Waals surface area contributed by atoms with Gasteiger partial charge in [-0.3, -0.25) is 4.90 Å². The van der Waals surface area contributed by atoms with Crippen molar-refractivity contribution in [1.82, 2.24) is 14.4 Å². The van der Waals surface area contributed by atoms with E-state index in [0.29, 0.717) is 44.0 Å². The summed E-state index contributed by atoms with van der Waals surface area (Å²) in [5, 5.41) is 3.71. The van der Waals surface area contributed by atoms with Crippen molar-refractivity contribution in [3.05, 3.63) is 41.3 Å². The topological polar surface area (TPSA) is 75.9 Å². The molecule has 10 heteroatoms. The van der Waals surface area contributed by atoms with Crippen LogP contribution < -0.4 is 4.74 Å². The number of halogens is 2. The van der Waals surface area contributed by atoms with E-state index in [1.54, 1.807) is 32.0 Å². The molecule has 0 aliphatic carbocycles. The highest BCUT2D eigenvalue weighted by atomic mass is 32.2. The molecule has 0 spiro atoms. The average molecular weight is 401 g/mol. The first-order chi connectivity index (χ1) is 12.8. The third kappa shape index (κ3) is 4.28. The fourth-order valence-corrected chi connectivity index (χ4v) is 4.90. The standard InChI is InChI=1S/C17H21F2N3O4S/c1-12-16(13(2)26-20-12)27(23,24)22-9-7-21(8-10-22)11-14-5-3-4-6-15(14)25-17(18)19/h3-6,17H,7-11H2,1-2H3. The van der Waals surface area contributed by atoms with Crippen molar-refractivity contribution in [2.24, 2.45) is 0 Å². The number of benzene rings is 1. The van der Waals surface area contributed by atoms with Crippen LogP contribution in [-0.2, 0) is 16.6 Å². The quantitative estimate of drug-likeness (QED) is 0.740. The van der Waals surface area contributed by atoms with Crippen molar-refractivity contribution in [1.29, 1.82) is 0 Å². The lowest BCUT2D eigenvalue weighted by Crippen LogP contribution is -2.48. The third-order valence-corrected chi connectivity index (χ3v) is 6.62. The lowest BCUT2D eigenvalue weighted by Gasteiger charge is -2.34. The summed E-state index contributed by atoms with van der Waals surface area (Å²) in [7, 11) is -3.67. The highest BCUT2D eigenvalue weighted by molar-refractivity contribution is 7.89. The zero-order valence-corrected chi connectivity index (χ0v) is 15.9. The summed E-state index contributed by atoms with van der Waals surface area (Å²) in [6, 6.07) is 6.62. The van der Waals surface area contributed by atoms with Crippen molar-refractivity contribution in [2.75, 3.05) is 26.2 Å². The molecule has 0 amide bonds. The Bertz CT molecular complexity index is 874. The number of ether oxygens (including phenoxy) is 1. The van der Waals surface area contributed by atoms with Gasteiger partial charge in [-0.2, -0.15) is 13.1 Å². The summed E-state index contributed by atoms with van der Waals surface area (Å²) in [5.41, 5.74) is 0.979. The number of nitrogens with zero attached hydrogens (tertiary/aromatic N) is 3. The maximum atomic E-state index is 12.8. The fraction of sp³-hybridized carbons (Fsp3) is 0.471. The second-order valence-corrected chi connectivity index (χ2v) is 8.19. The molecule has 7 nitrogen and oxygen atoms in total. The summed E-state index contributed by atoms with van der Waals surface area (Å²) in [6.07, 6.45) is 0. The Labute approximate surface area is 156 Å². The zero-order chi connectivity index (χ0) is 19.6. The number of piperazine rings is 1. The highest BCUT2D eigenvalue weighted by Crippen LogP contribution is 2.26. The third-order valence-electron chi connectivity index (χ3n) is 4.48. The first-order valence-corrected chi connectivity index (χ1v) is 9.91. The van der Waals surface area contributed by atoms with E-state index in [9.17, 15) is 17.2 Å². The number of para-hydroxylation sites is 1. The predicted octanol–water partition coefficient (Wildman–Crippen LogP) is 2.40. The Hall–Kier alpha value is -2.04. The zero-order valence-electron chi connectivity index (χ0n) is 15.1. The van der Waals surface area contributed by atoms with Gasteiger partial charge in [-0.25, -0.2) is 8.42 Å². The van der Waals surface area contributed by atoms with E-state index in [2.05, 4.69) is 9.89 Å². The largest absolute Gasteiger partial charge is 0.434 e. The van der Waals surface area contributed by atoms with Crippen LogP contribution in [-0.4, -0.2) is 55.6 Å². The van der Waals surface area contributed by atoms with Crippen LogP contribution in [0.1, 0.15) is 17.0 Å². The van der Waals surface area contributed by atoms with Gasteiger partial charge in [-0.15, -0.1) is 0 Å². The summed E-state index contributed by atoms with van der Waals surface area (Å²) in [5.74, 6) is 0.409. The van der Waals surface area contributed by atoms with Gasteiger partial charge >= 0.3 is 6.61 Å². The van der Waals surface area contributed by atoms with E-state index in [1.807, 2.05) is 4.90 Å². The van der Waals surface area contributed by atoms with E-state index < -0.39 is 16.6 Å². The lowest BCUT2D eigenvalue weighted by atomic mass is 10.2. The Morgan fingerprint density at radius 2 is 1.85 bits per heavy atom. The van der Waals surface area contributed by atoms with Crippen molar-refractivity contribution >= 4 is 10.0 Å². The maximum absolute atomic E-state index is 12.8. The molecular weight excluding hydrogens is 380 g/mol. The molecule has 3 rings (SSSR count). The second-order valence-electron chi connectivity index (χ2n) is 6.32. The minimum absolute atomic E-state index is 0.117. The van der Waals surface area contributed by atoms with Crippen LogP contribution >= 0.6 is 0 Å². The number of aryl methyl sites for hydroxylation is 2. The molecule has 1 saturated heterocycles. The monoisotopic (exact) mass is 401 g/mol. The minimum atomic E-state index is -3.67. The second kappa shape index (κ2) is 7.91. The van der Waals surface area contributed by atoms with Gasteiger partial charge in [0.2, 0.25) is 10.0 Å². The van der Waals surface area contributed by atoms with Crippen molar-refractivity contribution in [2.45, 2.75) is 31.9 Å². The molecule has 2 aromatic rings. The molecule has 0 radical (unpaired) electrons. The van der Waals surface area contributed by atoms with Crippen LogP contribution in [0.4, 0.5) is 8.78 Å². The average Bonchev–Trinajstić information content (AvgIpc) is 2.96. The van der Waals surface area contributed by atoms with E-state index in [0.717, 1.165) is 0 Å². The van der Waals surface area contributed by atoms with E-state index >= 15 is 0 Å². The van der Waals surface area contributed by atoms with Crippen LogP contribution in [0.2, 0.25) is 0 Å². The number of hydrogen-bond acceptors (Lipinski definition) is 6. The van der Waals surface area contributed by atoms with Crippen molar-refractivity contribution in [3.63, 3.8) is 0 Å². The van der Waals surface area contributed by atoms with E-state index in [1.165, 1.54) is 10.4 Å². The van der Waals surface area contributed by atoms with Crippen LogP contribution in [0.3, 0.4) is 0 Å². The van der Waals surface area contributed by atoms with Crippen LogP contribution in [0, 0.1) is 13.8 Å². The molecule has 148 valence electrons. The van der Waals surface area contributed by atoms with Gasteiger partial charge in [-0.05, 0) is 19.9 Å². The first kappa shape index (κ1) is 19.7. The van der Waals surface area contributed by atoms with Crippen molar-refractivity contribution < 1.29 is 26.5 Å². The van der Waals surface area contributed by atoms with Crippen molar-refractivity contribution in [3.8, 4) is 5.75 Å². The normalized spacial score (nSPS) is 16.8. The Balaban J connectivity index is 1.66. The Morgan fingerprint density at radius 1 is 1.19 bits per heavy atom. The summed E-state index contributed by atoms with van der Waals surface area (Å²) >= 11 is 0.